The van der Waals surface area contributed by atoms with Gasteiger partial charge in [-0.2, -0.15) is 0 Å². The lowest BCUT2D eigenvalue weighted by atomic mass is 9.60. The second-order valence-electron chi connectivity index (χ2n) is 20.1. The summed E-state index contributed by atoms with van der Waals surface area (Å²) in [5, 5.41) is 34.5. The van der Waals surface area contributed by atoms with E-state index >= 15 is 0 Å². The van der Waals surface area contributed by atoms with Crippen molar-refractivity contribution >= 4 is 114 Å². The first-order valence-corrected chi connectivity index (χ1v) is 21.9. The summed E-state index contributed by atoms with van der Waals surface area (Å²) >= 11 is 0. The average Bonchev–Trinajstić information content (AvgIpc) is 4.05. The molecule has 1 fully saturated rings. The number of hydrogen-bond donors (Lipinski definition) is 0. The quantitative estimate of drug-likeness (QED) is 0.122. The lowest BCUT2D eigenvalue weighted by Crippen LogP contribution is -2.44. The monoisotopic (exact) mass is 729 g/mol. The molecule has 1 aliphatic heterocycles. The Bertz CT molecular complexity index is 4060. The maximum Gasteiger partial charge on any atom is 0.0700 e. The molecule has 57 heavy (non-hydrogen) atoms. The van der Waals surface area contributed by atoms with Gasteiger partial charge in [0.15, 0.2) is 0 Å². The van der Waals surface area contributed by atoms with Gasteiger partial charge in [0.25, 0.3) is 0 Å². The van der Waals surface area contributed by atoms with E-state index in [-0.39, 0.29) is 5.41 Å². The van der Waals surface area contributed by atoms with Crippen molar-refractivity contribution in [3.8, 4) is 0 Å². The van der Waals surface area contributed by atoms with Crippen LogP contribution in [0, 0.1) is 5.92 Å². The molecule has 0 saturated carbocycles. The Balaban J connectivity index is 1.07. The molecule has 3 nitrogen and oxygen atoms in total. The Kier molecular flexibility index (Phi) is 3.87. The van der Waals surface area contributed by atoms with Crippen molar-refractivity contribution < 1.29 is 9.47 Å². The third-order valence-corrected chi connectivity index (χ3v) is 18.4. The fraction of sp³-hybridized carbons (Fsp3) is 0.296. The summed E-state index contributed by atoms with van der Waals surface area (Å²) in [6.45, 7) is 4.12. The third-order valence-electron chi connectivity index (χ3n) is 18.4. The van der Waals surface area contributed by atoms with Crippen LogP contribution < -0.4 is 15.7 Å². The average molecular weight is 730 g/mol. The van der Waals surface area contributed by atoms with Crippen LogP contribution in [0.1, 0.15) is 62.9 Å². The van der Waals surface area contributed by atoms with Crippen molar-refractivity contribution in [2.75, 3.05) is 40.0 Å². The SMILES string of the molecule is COCCOCCN1CC2C3=c4c5c6c7c(cc8cc9c%10c%11c%12c%13c(cc%14c%15c(c4c4c5c5c7c8c%10c5c%12c4c%15%13)=C(C3)C%14)=CC%11C9)CC62C1c1ccc2c(c1)CC2. The molecular weight excluding hydrogens is 695 g/mol. The Morgan fingerprint density at radius 2 is 1.46 bits per heavy atom. The Hall–Kier alpha value is -5.06. The maximum absolute atomic E-state index is 6.32. The van der Waals surface area contributed by atoms with Gasteiger partial charge in [-0.05, 0) is 196 Å². The number of hydrogen-bond acceptors (Lipinski definition) is 3. The number of fused-ring (bicyclic) bond motifs is 2. The maximum atomic E-state index is 6.32. The largest absolute Gasteiger partial charge is 0.382 e. The van der Waals surface area contributed by atoms with Crippen LogP contribution in [-0.2, 0) is 47.0 Å². The van der Waals surface area contributed by atoms with Crippen LogP contribution in [0.15, 0.2) is 36.4 Å². The summed E-state index contributed by atoms with van der Waals surface area (Å²) in [5.41, 5.74) is 16.5. The van der Waals surface area contributed by atoms with Gasteiger partial charge in [-0.1, -0.05) is 53.6 Å². The van der Waals surface area contributed by atoms with Crippen molar-refractivity contribution in [3.63, 3.8) is 0 Å². The molecule has 4 unspecified atom stereocenters. The fourth-order valence-corrected chi connectivity index (χ4v) is 17.0. The van der Waals surface area contributed by atoms with Crippen LogP contribution in [0.3, 0.4) is 0 Å². The number of rotatable bonds is 7. The van der Waals surface area contributed by atoms with Crippen LogP contribution in [0.5, 0.6) is 0 Å². The highest BCUT2D eigenvalue weighted by Crippen LogP contribution is 2.70. The molecule has 1 heterocycles. The van der Waals surface area contributed by atoms with Crippen molar-refractivity contribution in [2.45, 2.75) is 55.9 Å². The Morgan fingerprint density at radius 1 is 0.649 bits per heavy atom. The lowest BCUT2D eigenvalue weighted by Gasteiger charge is -2.43. The highest BCUT2D eigenvalue weighted by Gasteiger charge is 2.62. The van der Waals surface area contributed by atoms with E-state index in [0.29, 0.717) is 31.1 Å². The lowest BCUT2D eigenvalue weighted by molar-refractivity contribution is 0.0524. The fourth-order valence-electron chi connectivity index (χ4n) is 17.0. The normalized spacial score (nSPS) is 25.8. The van der Waals surface area contributed by atoms with E-state index in [2.05, 4.69) is 47.4 Å². The van der Waals surface area contributed by atoms with Crippen LogP contribution >= 0.6 is 0 Å². The number of likely N-dealkylation sites (tertiary alicyclic amines) is 1. The first kappa shape index (κ1) is 27.6. The van der Waals surface area contributed by atoms with Crippen molar-refractivity contribution in [2.24, 2.45) is 5.92 Å². The predicted molar refractivity (Wildman–Crippen MR) is 231 cm³/mol. The van der Waals surface area contributed by atoms with Gasteiger partial charge in [0.2, 0.25) is 0 Å². The van der Waals surface area contributed by atoms with E-state index in [1.807, 2.05) is 0 Å². The molecule has 0 aromatic heterocycles. The van der Waals surface area contributed by atoms with E-state index in [9.17, 15) is 0 Å². The van der Waals surface area contributed by atoms with Gasteiger partial charge in [0.1, 0.15) is 0 Å². The first-order chi connectivity index (χ1) is 28.2. The molecule has 1 spiro atoms. The third kappa shape index (κ3) is 2.37. The zero-order valence-corrected chi connectivity index (χ0v) is 31.8. The van der Waals surface area contributed by atoms with Gasteiger partial charge in [0, 0.05) is 43.5 Å². The molecule has 8 aliphatic rings. The van der Waals surface area contributed by atoms with Crippen molar-refractivity contribution in [1.29, 1.82) is 0 Å². The van der Waals surface area contributed by atoms with Crippen LogP contribution in [0.25, 0.3) is 114 Å². The van der Waals surface area contributed by atoms with Gasteiger partial charge >= 0.3 is 0 Å². The molecule has 0 N–H and O–H groups in total. The zero-order valence-electron chi connectivity index (χ0n) is 31.8. The standard InChI is InChI=1S/C54H35NO2/c1-56-8-9-57-7-6-55-19-31-30-17-28-15-25-13-26-12-23-11-24-14-27-16-29-18-54(31,53(55)22-5-3-20-2-4-21(20)10-22)52-38(29)43-37(27)42-33(24)32(23)40-36(26)41-34(25)35(28)44-39(30)51(52)50-48(43)46(42)45(40)47(41)49(44)50/h3,5,10,12-14,16,23,31,53H,2,4,6-9,11,15,17-19H2,1H3. The molecule has 4 atom stereocenters. The van der Waals surface area contributed by atoms with Gasteiger partial charge in [-0.25, -0.2) is 0 Å². The van der Waals surface area contributed by atoms with Crippen LogP contribution in [-0.4, -0.2) is 44.9 Å². The van der Waals surface area contributed by atoms with E-state index in [1.165, 1.54) is 18.2 Å². The molecule has 0 amide bonds. The Labute approximate surface area is 325 Å². The minimum atomic E-state index is -0.0119. The van der Waals surface area contributed by atoms with E-state index in [1.54, 1.807) is 170 Å². The topological polar surface area (TPSA) is 21.7 Å². The summed E-state index contributed by atoms with van der Waals surface area (Å²) in [6.07, 6.45) is 9.74. The number of benzene rings is 8. The first-order valence-electron chi connectivity index (χ1n) is 21.9. The number of aryl methyl sites for hydroxylation is 2. The molecule has 19 rings (SSSR count). The van der Waals surface area contributed by atoms with E-state index < -0.39 is 0 Å². The summed E-state index contributed by atoms with van der Waals surface area (Å²) in [5.74, 6) is 0.962. The zero-order chi connectivity index (χ0) is 35.8. The van der Waals surface area contributed by atoms with Gasteiger partial charge in [0.05, 0.1) is 19.8 Å². The number of ether oxygens (including phenoxy) is 2. The van der Waals surface area contributed by atoms with Crippen LogP contribution in [0.2, 0.25) is 0 Å². The second kappa shape index (κ2) is 8.01. The predicted octanol–water partition coefficient (Wildman–Crippen LogP) is 8.35. The summed E-state index contributed by atoms with van der Waals surface area (Å²) < 4.78 is 11.7. The molecule has 268 valence electrons. The van der Waals surface area contributed by atoms with Gasteiger partial charge < -0.3 is 9.47 Å². The molecule has 0 bridgehead atoms. The van der Waals surface area contributed by atoms with Gasteiger partial charge in [-0.3, -0.25) is 4.90 Å². The molecule has 11 aromatic rings. The molecule has 1 saturated heterocycles. The minimum absolute atomic E-state index is 0.0119. The number of nitrogens with zero attached hydrogens (tertiary/aromatic N) is 1. The van der Waals surface area contributed by atoms with Crippen LogP contribution in [0.4, 0.5) is 0 Å². The highest BCUT2D eigenvalue weighted by atomic mass is 16.5. The Morgan fingerprint density at radius 3 is 2.33 bits per heavy atom. The summed E-state index contributed by atoms with van der Waals surface area (Å²) in [7, 11) is 1.78. The van der Waals surface area contributed by atoms with Gasteiger partial charge in [-0.15, -0.1) is 0 Å². The van der Waals surface area contributed by atoms with Crippen molar-refractivity contribution in [3.05, 3.63) is 96.6 Å². The molecular formula is C54H35NO2. The second-order valence-corrected chi connectivity index (χ2v) is 20.1. The van der Waals surface area contributed by atoms with Crippen molar-refractivity contribution in [1.82, 2.24) is 4.90 Å². The molecule has 7 aliphatic carbocycles. The molecule has 11 aromatic carbocycles. The number of methoxy groups -OCH3 is 1. The minimum Gasteiger partial charge on any atom is -0.382 e. The smallest absolute Gasteiger partial charge is 0.0700 e. The summed E-state index contributed by atoms with van der Waals surface area (Å²) in [6, 6.07) is 16.1. The molecule has 3 heteroatoms. The highest BCUT2D eigenvalue weighted by molar-refractivity contribution is 6.60. The summed E-state index contributed by atoms with van der Waals surface area (Å²) in [4.78, 5) is 2.92. The van der Waals surface area contributed by atoms with E-state index in [4.69, 9.17) is 9.47 Å². The molecule has 0 radical (unpaired) electrons. The van der Waals surface area contributed by atoms with E-state index in [0.717, 1.165) is 45.4 Å².